The molecule has 0 fully saturated rings. The molecule has 0 aliphatic carbocycles. The number of esters is 1. The van der Waals surface area contributed by atoms with Crippen molar-refractivity contribution in [1.29, 1.82) is 0 Å². The predicted molar refractivity (Wildman–Crippen MR) is 129 cm³/mol. The van der Waals surface area contributed by atoms with E-state index < -0.39 is 5.97 Å². The smallest absolute Gasteiger partial charge is 0.337 e. The number of hydrogen-bond acceptors (Lipinski definition) is 5. The lowest BCUT2D eigenvalue weighted by Crippen LogP contribution is -2.22. The fraction of sp³-hybridized carbons (Fsp3) is 0.115. The zero-order chi connectivity index (χ0) is 23.5. The number of rotatable bonds is 5. The lowest BCUT2D eigenvalue weighted by Gasteiger charge is -2.15. The number of anilines is 1. The molecule has 1 heterocycles. The van der Waals surface area contributed by atoms with Crippen LogP contribution in [0.2, 0.25) is 0 Å². The monoisotopic (exact) mass is 441 g/mol. The number of nitrogens with one attached hydrogen (secondary N) is 1. The lowest BCUT2D eigenvalue weighted by molar-refractivity contribution is -0.116. The Morgan fingerprint density at radius 1 is 0.970 bits per heavy atom. The number of benzene rings is 3. The highest BCUT2D eigenvalue weighted by Gasteiger charge is 2.20. The summed E-state index contributed by atoms with van der Waals surface area (Å²) in [6.07, 6.45) is 0. The number of H-pyrrole nitrogens is 1. The van der Waals surface area contributed by atoms with Crippen LogP contribution in [0.15, 0.2) is 77.8 Å². The molecule has 1 amide bonds. The number of aromatic amines is 1. The molecule has 0 aliphatic heterocycles. The molecule has 2 N–H and O–H groups in total. The second kappa shape index (κ2) is 9.00. The molecule has 0 spiro atoms. The minimum Gasteiger partial charge on any atom is -0.494 e. The largest absolute Gasteiger partial charge is 0.494 e. The van der Waals surface area contributed by atoms with Crippen molar-refractivity contribution in [2.45, 2.75) is 6.92 Å². The highest BCUT2D eigenvalue weighted by Crippen LogP contribution is 2.32. The first-order valence-electron chi connectivity index (χ1n) is 10.3. The highest BCUT2D eigenvalue weighted by molar-refractivity contribution is 6.22. The minimum absolute atomic E-state index is 0.0532. The molecular formula is C26H23N3O4. The number of methoxy groups -OCH3 is 1. The Morgan fingerprint density at radius 3 is 2.30 bits per heavy atom. The number of aromatic nitrogens is 1. The normalized spacial score (nSPS) is 11.4. The number of nitrogens with zero attached hydrogens (tertiary/aromatic N) is 2. The summed E-state index contributed by atoms with van der Waals surface area (Å²) in [5.41, 5.74) is 4.29. The molecule has 0 unspecified atom stereocenters. The molecule has 0 saturated carbocycles. The molecule has 3 aromatic carbocycles. The quantitative estimate of drug-likeness (QED) is 0.343. The van der Waals surface area contributed by atoms with Crippen molar-refractivity contribution >= 4 is 39.9 Å². The van der Waals surface area contributed by atoms with E-state index in [4.69, 9.17) is 9.73 Å². The summed E-state index contributed by atoms with van der Waals surface area (Å²) in [6.45, 7) is 1.50. The van der Waals surface area contributed by atoms with E-state index in [1.54, 1.807) is 30.1 Å². The Morgan fingerprint density at radius 2 is 1.67 bits per heavy atom. The topological polar surface area (TPSA) is 95.0 Å². The third kappa shape index (κ3) is 4.34. The molecule has 0 radical (unpaired) electrons. The zero-order valence-corrected chi connectivity index (χ0v) is 18.5. The Balaban J connectivity index is 1.86. The average Bonchev–Trinajstić information content (AvgIpc) is 3.17. The van der Waals surface area contributed by atoms with Crippen LogP contribution in [0.25, 0.3) is 10.9 Å². The van der Waals surface area contributed by atoms with Gasteiger partial charge in [-0.15, -0.1) is 0 Å². The molecule has 33 heavy (non-hydrogen) atoms. The van der Waals surface area contributed by atoms with Gasteiger partial charge in [0.05, 0.1) is 29.6 Å². The van der Waals surface area contributed by atoms with Crippen molar-refractivity contribution in [3.63, 3.8) is 0 Å². The van der Waals surface area contributed by atoms with Gasteiger partial charge in [-0.05, 0) is 36.4 Å². The number of carbonyl (C=O) groups is 2. The van der Waals surface area contributed by atoms with Crippen LogP contribution in [-0.4, -0.2) is 41.8 Å². The predicted octanol–water partition coefficient (Wildman–Crippen LogP) is 4.81. The third-order valence-electron chi connectivity index (χ3n) is 5.43. The third-order valence-corrected chi connectivity index (χ3v) is 5.43. The van der Waals surface area contributed by atoms with Crippen molar-refractivity contribution in [1.82, 2.24) is 4.98 Å². The molecule has 0 atom stereocenters. The Kier molecular flexibility index (Phi) is 5.95. The number of aliphatic imine (C=N–C) groups is 1. The van der Waals surface area contributed by atoms with Crippen molar-refractivity contribution in [3.8, 4) is 5.88 Å². The SMILES string of the molecule is COC(=O)c1ccc2c(C(=Nc3ccc(N(C)C(C)=O)cc3)c3ccccc3)c(O)[nH]c2c1. The van der Waals surface area contributed by atoms with Crippen LogP contribution in [0.5, 0.6) is 5.88 Å². The van der Waals surface area contributed by atoms with Gasteiger partial charge in [0.25, 0.3) is 0 Å². The minimum atomic E-state index is -0.458. The van der Waals surface area contributed by atoms with Gasteiger partial charge in [0.2, 0.25) is 5.91 Å². The maximum Gasteiger partial charge on any atom is 0.337 e. The van der Waals surface area contributed by atoms with Gasteiger partial charge in [-0.3, -0.25) is 4.79 Å². The second-order valence-electron chi connectivity index (χ2n) is 7.52. The van der Waals surface area contributed by atoms with Gasteiger partial charge in [-0.1, -0.05) is 36.4 Å². The van der Waals surface area contributed by atoms with Crippen LogP contribution in [0, 0.1) is 0 Å². The zero-order valence-electron chi connectivity index (χ0n) is 18.5. The van der Waals surface area contributed by atoms with E-state index in [0.717, 1.165) is 16.6 Å². The Bertz CT molecular complexity index is 1360. The summed E-state index contributed by atoms with van der Waals surface area (Å²) in [5.74, 6) is -0.575. The molecule has 0 bridgehead atoms. The van der Waals surface area contributed by atoms with E-state index in [1.807, 2.05) is 54.6 Å². The van der Waals surface area contributed by atoms with E-state index in [2.05, 4.69) is 4.98 Å². The van der Waals surface area contributed by atoms with Crippen LogP contribution in [0.4, 0.5) is 11.4 Å². The van der Waals surface area contributed by atoms with Crippen LogP contribution in [-0.2, 0) is 9.53 Å². The number of fused-ring (bicyclic) bond motifs is 1. The van der Waals surface area contributed by atoms with Gasteiger partial charge in [0, 0.05) is 36.1 Å². The molecule has 4 aromatic rings. The van der Waals surface area contributed by atoms with Gasteiger partial charge in [-0.2, -0.15) is 0 Å². The Labute approximate surface area is 191 Å². The molecule has 0 saturated heterocycles. The summed E-state index contributed by atoms with van der Waals surface area (Å²) >= 11 is 0. The van der Waals surface area contributed by atoms with Crippen molar-refractivity contribution in [2.75, 3.05) is 19.1 Å². The number of ether oxygens (including phenoxy) is 1. The molecule has 7 heteroatoms. The van der Waals surface area contributed by atoms with Crippen molar-refractivity contribution in [3.05, 3.63) is 89.5 Å². The first-order chi connectivity index (χ1) is 15.9. The van der Waals surface area contributed by atoms with E-state index in [9.17, 15) is 14.7 Å². The first kappa shape index (κ1) is 21.8. The van der Waals surface area contributed by atoms with E-state index in [0.29, 0.717) is 28.0 Å². The van der Waals surface area contributed by atoms with Gasteiger partial charge in [0.15, 0.2) is 5.88 Å². The maximum absolute atomic E-state index is 11.9. The van der Waals surface area contributed by atoms with E-state index in [-0.39, 0.29) is 11.8 Å². The van der Waals surface area contributed by atoms with E-state index >= 15 is 0 Å². The van der Waals surface area contributed by atoms with Crippen molar-refractivity contribution < 1.29 is 19.4 Å². The summed E-state index contributed by atoms with van der Waals surface area (Å²) in [7, 11) is 3.03. The van der Waals surface area contributed by atoms with Crippen LogP contribution >= 0.6 is 0 Å². The number of aromatic hydroxyl groups is 1. The first-order valence-corrected chi connectivity index (χ1v) is 10.3. The molecular weight excluding hydrogens is 418 g/mol. The summed E-state index contributed by atoms with van der Waals surface area (Å²) in [5, 5.41) is 11.5. The van der Waals surface area contributed by atoms with Crippen LogP contribution < -0.4 is 4.90 Å². The summed E-state index contributed by atoms with van der Waals surface area (Å²) < 4.78 is 4.80. The molecule has 4 rings (SSSR count). The average molecular weight is 441 g/mol. The number of hydrogen-bond donors (Lipinski definition) is 2. The summed E-state index contributed by atoms with van der Waals surface area (Å²) in [6, 6.07) is 21.9. The fourth-order valence-corrected chi connectivity index (χ4v) is 3.59. The van der Waals surface area contributed by atoms with Crippen molar-refractivity contribution in [2.24, 2.45) is 4.99 Å². The van der Waals surface area contributed by atoms with Gasteiger partial charge < -0.3 is 19.7 Å². The fourth-order valence-electron chi connectivity index (χ4n) is 3.59. The van der Waals surface area contributed by atoms with E-state index in [1.165, 1.54) is 14.0 Å². The number of carbonyl (C=O) groups excluding carboxylic acids is 2. The maximum atomic E-state index is 11.9. The molecule has 0 aliphatic rings. The summed E-state index contributed by atoms with van der Waals surface area (Å²) in [4.78, 5) is 32.9. The molecule has 7 nitrogen and oxygen atoms in total. The van der Waals surface area contributed by atoms with Crippen LogP contribution in [0.3, 0.4) is 0 Å². The van der Waals surface area contributed by atoms with Gasteiger partial charge >= 0.3 is 5.97 Å². The second-order valence-corrected chi connectivity index (χ2v) is 7.52. The molecule has 166 valence electrons. The standard InChI is InChI=1S/C26H23N3O4/c1-16(30)29(2)20-12-10-19(11-13-20)27-24(17-7-5-4-6-8-17)23-21-14-9-18(26(32)33-3)15-22(21)28-25(23)31/h4-15,28,31H,1-3H3. The van der Waals surface area contributed by atoms with Gasteiger partial charge in [0.1, 0.15) is 0 Å². The number of amides is 1. The lowest BCUT2D eigenvalue weighted by atomic mass is 10.00. The Hall–Kier alpha value is -4.39. The molecule has 1 aromatic heterocycles. The van der Waals surface area contributed by atoms with Crippen LogP contribution in [0.1, 0.15) is 28.4 Å². The highest BCUT2D eigenvalue weighted by atomic mass is 16.5. The van der Waals surface area contributed by atoms with Gasteiger partial charge in [-0.25, -0.2) is 9.79 Å².